The lowest BCUT2D eigenvalue weighted by molar-refractivity contribution is -0.116. The summed E-state index contributed by atoms with van der Waals surface area (Å²) in [5.74, 6) is -0.187. The van der Waals surface area contributed by atoms with Gasteiger partial charge < -0.3 is 39.9 Å². The third-order valence-corrected chi connectivity index (χ3v) is 8.17. The Balaban J connectivity index is 1.86. The maximum atomic E-state index is 14.3. The Kier molecular flexibility index (Phi) is 14.8. The summed E-state index contributed by atoms with van der Waals surface area (Å²) in [6.07, 6.45) is 3.00. The van der Waals surface area contributed by atoms with Crippen LogP contribution in [-0.4, -0.2) is 110 Å². The third-order valence-electron chi connectivity index (χ3n) is 8.17. The number of hydrogen-bond donors (Lipinski definition) is 3. The van der Waals surface area contributed by atoms with Gasteiger partial charge in [-0.05, 0) is 90.5 Å². The number of carbonyl (C=O) groups excluding carboxylic acids is 3. The minimum absolute atomic E-state index is 0.126. The molecule has 0 fully saturated rings. The van der Waals surface area contributed by atoms with Gasteiger partial charge in [-0.1, -0.05) is 25.1 Å². The van der Waals surface area contributed by atoms with Gasteiger partial charge in [-0.3, -0.25) is 9.59 Å². The van der Waals surface area contributed by atoms with Gasteiger partial charge in [0.1, 0.15) is 5.75 Å². The molecule has 0 saturated heterocycles. The molecule has 1 aliphatic heterocycles. The number of nitrogens with zero attached hydrogens (tertiary/aromatic N) is 3. The first-order chi connectivity index (χ1) is 22.0. The largest absolute Gasteiger partial charge is 0.490 e. The number of aliphatic hydroxyl groups is 1. The highest BCUT2D eigenvalue weighted by Crippen LogP contribution is 2.28. The molecule has 4 atom stereocenters. The van der Waals surface area contributed by atoms with Crippen molar-refractivity contribution in [1.29, 1.82) is 0 Å². The Morgan fingerprint density at radius 1 is 1.04 bits per heavy atom. The van der Waals surface area contributed by atoms with Crippen molar-refractivity contribution in [2.24, 2.45) is 5.92 Å². The van der Waals surface area contributed by atoms with Crippen molar-refractivity contribution in [1.82, 2.24) is 14.7 Å². The Morgan fingerprint density at radius 2 is 1.78 bits per heavy atom. The van der Waals surface area contributed by atoms with Gasteiger partial charge in [-0.2, -0.15) is 0 Å². The van der Waals surface area contributed by atoms with Crippen molar-refractivity contribution in [2.75, 3.05) is 64.6 Å². The number of likely N-dealkylation sites (N-methyl/N-ethyl adjacent to an activating group) is 1. The van der Waals surface area contributed by atoms with E-state index in [0.717, 1.165) is 32.2 Å². The molecule has 0 aromatic heterocycles. The van der Waals surface area contributed by atoms with Gasteiger partial charge in [0.05, 0.1) is 30.4 Å². The molecular weight excluding hydrogens is 586 g/mol. The summed E-state index contributed by atoms with van der Waals surface area (Å²) in [5, 5.41) is 16.0. The number of fused-ring (bicyclic) bond motifs is 1. The summed E-state index contributed by atoms with van der Waals surface area (Å²) >= 11 is 0. The first kappa shape index (κ1) is 36.8. The van der Waals surface area contributed by atoms with Crippen molar-refractivity contribution in [3.63, 3.8) is 0 Å². The molecule has 11 nitrogen and oxygen atoms in total. The highest BCUT2D eigenvalue weighted by atomic mass is 16.5. The number of nitrogens with one attached hydrogen (secondary N) is 2. The number of anilines is 2. The van der Waals surface area contributed by atoms with Gasteiger partial charge in [-0.15, -0.1) is 0 Å². The van der Waals surface area contributed by atoms with Crippen molar-refractivity contribution in [3.05, 3.63) is 54.1 Å². The molecule has 0 spiro atoms. The first-order valence-corrected chi connectivity index (χ1v) is 16.3. The molecule has 0 unspecified atom stereocenters. The second-order valence-corrected chi connectivity index (χ2v) is 12.6. The number of ether oxygens (including phenoxy) is 2. The summed E-state index contributed by atoms with van der Waals surface area (Å²) in [7, 11) is 5.66. The van der Waals surface area contributed by atoms with Gasteiger partial charge >= 0.3 is 6.03 Å². The highest BCUT2D eigenvalue weighted by molar-refractivity contribution is 5.99. The molecule has 11 heteroatoms. The molecule has 4 amide bonds. The van der Waals surface area contributed by atoms with Crippen LogP contribution in [0.1, 0.15) is 63.2 Å². The predicted octanol–water partition coefficient (Wildman–Crippen LogP) is 4.93. The number of aliphatic hydroxyl groups excluding tert-OH is 1. The Hall–Kier alpha value is -3.67. The van der Waals surface area contributed by atoms with Crippen LogP contribution in [0.3, 0.4) is 0 Å². The molecule has 46 heavy (non-hydrogen) atoms. The van der Waals surface area contributed by atoms with E-state index in [-0.39, 0.29) is 49.1 Å². The normalized spacial score (nSPS) is 20.2. The van der Waals surface area contributed by atoms with Gasteiger partial charge in [0.25, 0.3) is 5.91 Å². The predicted molar refractivity (Wildman–Crippen MR) is 181 cm³/mol. The molecule has 0 saturated carbocycles. The summed E-state index contributed by atoms with van der Waals surface area (Å²) in [6, 6.07) is 13.7. The topological polar surface area (TPSA) is 124 Å². The minimum atomic E-state index is -0.503. The van der Waals surface area contributed by atoms with Gasteiger partial charge in [0.2, 0.25) is 5.91 Å². The summed E-state index contributed by atoms with van der Waals surface area (Å²) in [5.41, 5.74) is 1.53. The Morgan fingerprint density at radius 3 is 2.48 bits per heavy atom. The van der Waals surface area contributed by atoms with Crippen LogP contribution in [0.15, 0.2) is 48.5 Å². The Bertz CT molecular complexity index is 1260. The molecule has 1 heterocycles. The highest BCUT2D eigenvalue weighted by Gasteiger charge is 2.31. The average molecular weight is 640 g/mol. The van der Waals surface area contributed by atoms with E-state index in [4.69, 9.17) is 9.47 Å². The molecule has 2 aromatic carbocycles. The fourth-order valence-electron chi connectivity index (χ4n) is 5.34. The molecule has 3 rings (SSSR count). The SMILES string of the molecule is C[C@H]1CCCCO[C@H](CN(C)C(=O)Nc2ccccc2)[C@@H](C)CN([C@@H](C)CO)C(=O)c2cc(NC(=O)CCCN(C)C)ccc2O1. The van der Waals surface area contributed by atoms with E-state index >= 15 is 0 Å². The maximum absolute atomic E-state index is 14.3. The van der Waals surface area contributed by atoms with Crippen LogP contribution >= 0.6 is 0 Å². The van der Waals surface area contributed by atoms with Crippen LogP contribution in [0.2, 0.25) is 0 Å². The number of carbonyl (C=O) groups is 3. The van der Waals surface area contributed by atoms with Crippen molar-refractivity contribution in [2.45, 2.75) is 71.1 Å². The van der Waals surface area contributed by atoms with E-state index in [0.29, 0.717) is 42.3 Å². The number of hydrogen-bond acceptors (Lipinski definition) is 7. The fraction of sp³-hybridized carbons (Fsp3) is 0.571. The quantitative estimate of drug-likeness (QED) is 0.337. The van der Waals surface area contributed by atoms with Crippen molar-refractivity contribution < 1.29 is 29.0 Å². The lowest BCUT2D eigenvalue weighted by Gasteiger charge is -2.35. The zero-order valence-electron chi connectivity index (χ0n) is 28.3. The second kappa shape index (κ2) is 18.5. The van der Waals surface area contributed by atoms with Crippen LogP contribution < -0.4 is 15.4 Å². The summed E-state index contributed by atoms with van der Waals surface area (Å²) in [6.45, 7) is 7.42. The summed E-state index contributed by atoms with van der Waals surface area (Å²) in [4.78, 5) is 45.2. The molecule has 0 aliphatic carbocycles. The zero-order chi connectivity index (χ0) is 33.6. The van der Waals surface area contributed by atoms with E-state index < -0.39 is 6.04 Å². The van der Waals surface area contributed by atoms with Crippen molar-refractivity contribution in [3.8, 4) is 5.75 Å². The van der Waals surface area contributed by atoms with E-state index in [1.807, 2.05) is 63.2 Å². The first-order valence-electron chi connectivity index (χ1n) is 16.3. The van der Waals surface area contributed by atoms with E-state index in [1.54, 1.807) is 42.0 Å². The fourth-order valence-corrected chi connectivity index (χ4v) is 5.34. The molecule has 0 bridgehead atoms. The van der Waals surface area contributed by atoms with E-state index in [2.05, 4.69) is 10.6 Å². The molecule has 1 aliphatic rings. The number of amides is 4. The second-order valence-electron chi connectivity index (χ2n) is 12.6. The van der Waals surface area contributed by atoms with Gasteiger partial charge in [-0.25, -0.2) is 4.79 Å². The van der Waals surface area contributed by atoms with Crippen LogP contribution in [0.25, 0.3) is 0 Å². The molecular formula is C35H53N5O6. The number of para-hydroxylation sites is 1. The van der Waals surface area contributed by atoms with Gasteiger partial charge in [0.15, 0.2) is 0 Å². The van der Waals surface area contributed by atoms with Crippen LogP contribution in [0, 0.1) is 5.92 Å². The zero-order valence-corrected chi connectivity index (χ0v) is 28.3. The Labute approximate surface area is 274 Å². The minimum Gasteiger partial charge on any atom is -0.490 e. The van der Waals surface area contributed by atoms with Crippen molar-refractivity contribution >= 4 is 29.2 Å². The summed E-state index contributed by atoms with van der Waals surface area (Å²) < 4.78 is 12.6. The van der Waals surface area contributed by atoms with Crippen LogP contribution in [0.5, 0.6) is 5.75 Å². The molecule has 2 aromatic rings. The monoisotopic (exact) mass is 639 g/mol. The molecule has 0 radical (unpaired) electrons. The number of rotatable bonds is 10. The van der Waals surface area contributed by atoms with Crippen LogP contribution in [0.4, 0.5) is 16.2 Å². The average Bonchev–Trinajstić information content (AvgIpc) is 3.02. The molecule has 3 N–H and O–H groups in total. The van der Waals surface area contributed by atoms with E-state index in [9.17, 15) is 19.5 Å². The van der Waals surface area contributed by atoms with E-state index in [1.165, 1.54) is 0 Å². The molecule has 254 valence electrons. The lowest BCUT2D eigenvalue weighted by atomic mass is 10.0. The third kappa shape index (κ3) is 11.6. The number of benzene rings is 2. The maximum Gasteiger partial charge on any atom is 0.321 e. The smallest absolute Gasteiger partial charge is 0.321 e. The van der Waals surface area contributed by atoms with Crippen LogP contribution in [-0.2, 0) is 9.53 Å². The lowest BCUT2D eigenvalue weighted by Crippen LogP contribution is -2.48. The standard InChI is InChI=1S/C35H53N5O6/c1-25-22-40(26(2)24-41)34(43)30-21-29(36-33(42)16-12-19-38(4)5)17-18-31(30)46-27(3)13-10-11-20-45-32(25)23-39(6)35(44)37-28-14-8-7-9-15-28/h7-9,14-15,17-18,21,25-27,32,41H,10-13,16,19-20,22-24H2,1-6H3,(H,36,42)(H,37,44)/t25-,26-,27-,32+/m0/s1. The number of urea groups is 1. The van der Waals surface area contributed by atoms with Gasteiger partial charge in [0, 0.05) is 50.5 Å².